The summed E-state index contributed by atoms with van der Waals surface area (Å²) in [5.41, 5.74) is 0. The molecule has 0 bridgehead atoms. The van der Waals surface area contributed by atoms with Crippen molar-refractivity contribution in [1.29, 1.82) is 0 Å². The van der Waals surface area contributed by atoms with Gasteiger partial charge in [-0.25, -0.2) is 0 Å². The van der Waals surface area contributed by atoms with E-state index in [1.165, 1.54) is 75.5 Å². The maximum absolute atomic E-state index is 9.54. The van der Waals surface area contributed by atoms with Crippen molar-refractivity contribution in [2.24, 2.45) is 0 Å². The van der Waals surface area contributed by atoms with Crippen LogP contribution < -0.4 is 17.0 Å². The summed E-state index contributed by atoms with van der Waals surface area (Å²) in [5, 5.41) is 9.54. The van der Waals surface area contributed by atoms with Gasteiger partial charge >= 0.3 is 0 Å². The maximum atomic E-state index is 9.54. The first-order valence-electron chi connectivity index (χ1n) is 8.18. The van der Waals surface area contributed by atoms with Crippen molar-refractivity contribution in [3.05, 3.63) is 0 Å². The molecule has 0 atom stereocenters. The van der Waals surface area contributed by atoms with Crippen LogP contribution in [0, 0.1) is 0 Å². The van der Waals surface area contributed by atoms with Crippen molar-refractivity contribution in [2.45, 2.75) is 77.2 Å². The van der Waals surface area contributed by atoms with Gasteiger partial charge < -0.3 is 26.6 Å². The molecule has 2 nitrogen and oxygen atoms in total. The molecule has 0 unspecified atom stereocenters. The summed E-state index contributed by atoms with van der Waals surface area (Å²) in [4.78, 5) is 0. The summed E-state index contributed by atoms with van der Waals surface area (Å²) < 4.78 is 1.20. The minimum atomic E-state index is -0.0187. The van der Waals surface area contributed by atoms with Gasteiger partial charge in [0.25, 0.3) is 0 Å². The highest BCUT2D eigenvalue weighted by Crippen LogP contribution is 2.18. The van der Waals surface area contributed by atoms with E-state index in [1.54, 1.807) is 0 Å². The Morgan fingerprint density at radius 1 is 0.895 bits per heavy atom. The van der Waals surface area contributed by atoms with Crippen LogP contribution in [0.15, 0.2) is 0 Å². The fourth-order valence-electron chi connectivity index (χ4n) is 3.03. The van der Waals surface area contributed by atoms with Crippen LogP contribution in [-0.2, 0) is 0 Å². The van der Waals surface area contributed by atoms with Crippen molar-refractivity contribution in [3.8, 4) is 0 Å². The van der Waals surface area contributed by atoms with E-state index in [2.05, 4.69) is 14.0 Å². The van der Waals surface area contributed by atoms with Crippen LogP contribution in [-0.4, -0.2) is 42.4 Å². The van der Waals surface area contributed by atoms with Crippen LogP contribution in [0.5, 0.6) is 0 Å². The number of halogens is 1. The Bertz CT molecular complexity index is 203. The molecule has 1 fully saturated rings. The number of likely N-dealkylation sites (tertiary alicyclic amines) is 1. The quantitative estimate of drug-likeness (QED) is 0.486. The van der Waals surface area contributed by atoms with Gasteiger partial charge in [-0.3, -0.25) is 0 Å². The molecule has 0 aromatic heterocycles. The van der Waals surface area contributed by atoms with Gasteiger partial charge in [0.05, 0.1) is 32.8 Å². The van der Waals surface area contributed by atoms with Crippen molar-refractivity contribution < 1.29 is 26.6 Å². The fourth-order valence-corrected chi connectivity index (χ4v) is 3.03. The predicted octanol–water partition coefficient (Wildman–Crippen LogP) is 0.732. The second-order valence-electron chi connectivity index (χ2n) is 6.50. The van der Waals surface area contributed by atoms with Crippen molar-refractivity contribution >= 4 is 0 Å². The molecule has 1 rings (SSSR count). The zero-order valence-electron chi connectivity index (χ0n) is 13.0. The van der Waals surface area contributed by atoms with Crippen LogP contribution in [0.2, 0.25) is 0 Å². The van der Waals surface area contributed by atoms with E-state index in [0.29, 0.717) is 0 Å². The molecule has 1 saturated heterocycles. The Kier molecular flexibility index (Phi) is 11.3. The summed E-state index contributed by atoms with van der Waals surface area (Å²) in [6.45, 7) is 5.96. The Hall–Kier alpha value is 0.400. The molecule has 0 aromatic rings. The smallest absolute Gasteiger partial charge is 0.0809 e. The third-order valence-corrected chi connectivity index (χ3v) is 4.56. The Labute approximate surface area is 130 Å². The Morgan fingerprint density at radius 2 is 1.37 bits per heavy atom. The molecule has 1 N–H and O–H groups in total. The summed E-state index contributed by atoms with van der Waals surface area (Å²) in [7, 11) is 2.37. The largest absolute Gasteiger partial charge is 1.00 e. The Balaban J connectivity index is 0.00000324. The highest BCUT2D eigenvalue weighted by molar-refractivity contribution is 4.61. The van der Waals surface area contributed by atoms with E-state index in [4.69, 9.17) is 0 Å². The molecule has 19 heavy (non-hydrogen) atoms. The first-order chi connectivity index (χ1) is 8.66. The minimum Gasteiger partial charge on any atom is -1.00 e. The first kappa shape index (κ1) is 19.4. The monoisotopic (exact) mass is 335 g/mol. The van der Waals surface area contributed by atoms with Gasteiger partial charge in [0, 0.05) is 12.8 Å². The number of unbranched alkanes of at least 4 members (excludes halogenated alkanes) is 7. The number of aliphatic hydroxyl groups is 1. The second kappa shape index (κ2) is 11.1. The molecule has 3 heteroatoms. The van der Waals surface area contributed by atoms with Crippen LogP contribution in [0.1, 0.15) is 71.1 Å². The standard InChI is InChI=1S/C16H34NO.BrH/c1-3-4-5-6-7-8-9-10-13-17(2)14-11-16(18)12-15-17;/h16,18H,3-15H2,1-2H3;1H/q+1;/p-1. The van der Waals surface area contributed by atoms with E-state index in [9.17, 15) is 5.11 Å². The van der Waals surface area contributed by atoms with Gasteiger partial charge in [0.15, 0.2) is 0 Å². The van der Waals surface area contributed by atoms with Crippen LogP contribution in [0.3, 0.4) is 0 Å². The highest BCUT2D eigenvalue weighted by atomic mass is 79.9. The number of piperidine rings is 1. The lowest BCUT2D eigenvalue weighted by atomic mass is 10.0. The molecule has 0 aliphatic carbocycles. The summed E-state index contributed by atoms with van der Waals surface area (Å²) >= 11 is 0. The molecule has 0 saturated carbocycles. The average molecular weight is 336 g/mol. The molecule has 0 spiro atoms. The number of nitrogens with zero attached hydrogens (tertiary/aromatic N) is 1. The molecule has 0 radical (unpaired) electrons. The predicted molar refractivity (Wildman–Crippen MR) is 78.6 cm³/mol. The molecule has 116 valence electrons. The normalized spacial score (nSPS) is 27.0. The molecule has 0 aromatic carbocycles. The zero-order chi connectivity index (χ0) is 13.3. The van der Waals surface area contributed by atoms with Gasteiger partial charge in [0.1, 0.15) is 0 Å². The molecular formula is C16H34BrNO. The number of aliphatic hydroxyl groups excluding tert-OH is 1. The zero-order valence-corrected chi connectivity index (χ0v) is 14.6. The lowest BCUT2D eigenvalue weighted by Crippen LogP contribution is -3.00. The Morgan fingerprint density at radius 3 is 1.89 bits per heavy atom. The second-order valence-corrected chi connectivity index (χ2v) is 6.50. The van der Waals surface area contributed by atoms with E-state index >= 15 is 0 Å². The number of hydrogen-bond acceptors (Lipinski definition) is 1. The molecule has 1 aliphatic heterocycles. The number of quaternary nitrogens is 1. The lowest BCUT2D eigenvalue weighted by Gasteiger charge is -2.39. The minimum absolute atomic E-state index is 0. The molecular weight excluding hydrogens is 302 g/mol. The van der Waals surface area contributed by atoms with Gasteiger partial charge in [-0.05, 0) is 12.8 Å². The maximum Gasteiger partial charge on any atom is 0.0809 e. The van der Waals surface area contributed by atoms with Gasteiger partial charge in [-0.1, -0.05) is 45.4 Å². The third-order valence-electron chi connectivity index (χ3n) is 4.56. The van der Waals surface area contributed by atoms with Gasteiger partial charge in [0.2, 0.25) is 0 Å². The molecule has 1 heterocycles. The lowest BCUT2D eigenvalue weighted by molar-refractivity contribution is -0.915. The van der Waals surface area contributed by atoms with Crippen molar-refractivity contribution in [2.75, 3.05) is 26.7 Å². The van der Waals surface area contributed by atoms with Crippen LogP contribution in [0.4, 0.5) is 0 Å². The van der Waals surface area contributed by atoms with Gasteiger partial charge in [-0.15, -0.1) is 0 Å². The van der Waals surface area contributed by atoms with Crippen LogP contribution in [0.25, 0.3) is 0 Å². The van der Waals surface area contributed by atoms with Crippen molar-refractivity contribution in [3.63, 3.8) is 0 Å². The van der Waals surface area contributed by atoms with E-state index in [0.717, 1.165) is 12.8 Å². The molecule has 1 aliphatic rings. The van der Waals surface area contributed by atoms with Crippen LogP contribution >= 0.6 is 0 Å². The average Bonchev–Trinajstić information content (AvgIpc) is 2.37. The van der Waals surface area contributed by atoms with E-state index in [1.807, 2.05) is 0 Å². The SMILES string of the molecule is CCCCCCCCCC[N+]1(C)CCC(O)CC1.[Br-]. The first-order valence-corrected chi connectivity index (χ1v) is 8.18. The highest BCUT2D eigenvalue weighted by Gasteiger charge is 2.28. The van der Waals surface area contributed by atoms with E-state index < -0.39 is 0 Å². The van der Waals surface area contributed by atoms with E-state index in [-0.39, 0.29) is 23.1 Å². The molecule has 0 amide bonds. The third kappa shape index (κ3) is 9.04. The summed E-state index contributed by atoms with van der Waals surface area (Å²) in [6, 6.07) is 0. The summed E-state index contributed by atoms with van der Waals surface area (Å²) in [6.07, 6.45) is 13.3. The van der Waals surface area contributed by atoms with Gasteiger partial charge in [-0.2, -0.15) is 0 Å². The van der Waals surface area contributed by atoms with Crippen molar-refractivity contribution in [1.82, 2.24) is 0 Å². The fraction of sp³-hybridized carbons (Fsp3) is 1.00. The number of rotatable bonds is 9. The summed E-state index contributed by atoms with van der Waals surface area (Å²) in [5.74, 6) is 0. The topological polar surface area (TPSA) is 20.2 Å². The number of hydrogen-bond donors (Lipinski definition) is 1.